The molecule has 0 bridgehead atoms. The highest BCUT2D eigenvalue weighted by molar-refractivity contribution is 5.93. The van der Waals surface area contributed by atoms with E-state index in [9.17, 15) is 4.79 Å². The highest BCUT2D eigenvalue weighted by Crippen LogP contribution is 2.15. The molecule has 0 aliphatic heterocycles. The van der Waals surface area contributed by atoms with E-state index in [0.29, 0.717) is 5.56 Å². The van der Waals surface area contributed by atoms with Crippen molar-refractivity contribution < 1.29 is 4.79 Å². The Morgan fingerprint density at radius 1 is 0.909 bits per heavy atom. The quantitative estimate of drug-likeness (QED) is 0.826. The van der Waals surface area contributed by atoms with Gasteiger partial charge in [-0.05, 0) is 37.8 Å². The van der Waals surface area contributed by atoms with Crippen molar-refractivity contribution in [3.05, 3.63) is 41.9 Å². The highest BCUT2D eigenvalue weighted by Gasteiger charge is 2.05. The lowest BCUT2D eigenvalue weighted by atomic mass is 10.0. The van der Waals surface area contributed by atoms with Gasteiger partial charge in [0.1, 0.15) is 0 Å². The lowest BCUT2D eigenvalue weighted by Gasteiger charge is -2.13. The van der Waals surface area contributed by atoms with Gasteiger partial charge >= 0.3 is 0 Å². The minimum Gasteiger partial charge on any atom is -0.303 e. The van der Waals surface area contributed by atoms with Gasteiger partial charge in [-0.15, -0.1) is 0 Å². The molecule has 4 nitrogen and oxygen atoms in total. The molecule has 0 saturated heterocycles. The van der Waals surface area contributed by atoms with Gasteiger partial charge in [0, 0.05) is 23.7 Å². The summed E-state index contributed by atoms with van der Waals surface area (Å²) in [6, 6.07) is 3.43. The fourth-order valence-electron chi connectivity index (χ4n) is 2.72. The third-order valence-electron chi connectivity index (χ3n) is 4.07. The van der Waals surface area contributed by atoms with Crippen LogP contribution in [0.1, 0.15) is 74.6 Å². The van der Waals surface area contributed by atoms with Gasteiger partial charge in [0.15, 0.2) is 0 Å². The van der Waals surface area contributed by atoms with E-state index in [1.165, 1.54) is 51.4 Å². The molecule has 1 aromatic rings. The van der Waals surface area contributed by atoms with E-state index >= 15 is 0 Å². The summed E-state index contributed by atoms with van der Waals surface area (Å²) < 4.78 is 0. The van der Waals surface area contributed by atoms with Crippen molar-refractivity contribution in [3.8, 4) is 0 Å². The second kappa shape index (κ2) is 9.98. The maximum Gasteiger partial charge on any atom is 0.269 e. The lowest BCUT2D eigenvalue weighted by Crippen LogP contribution is -2.36. The molecule has 1 aliphatic rings. The molecular weight excluding hydrogens is 274 g/mol. The molecule has 0 unspecified atom stereocenters. The first-order valence-corrected chi connectivity index (χ1v) is 8.52. The monoisotopic (exact) mass is 301 g/mol. The van der Waals surface area contributed by atoms with Crippen LogP contribution in [0.5, 0.6) is 0 Å². The van der Waals surface area contributed by atoms with Crippen LogP contribution >= 0.6 is 0 Å². The first-order valence-electron chi connectivity index (χ1n) is 8.52. The van der Waals surface area contributed by atoms with Gasteiger partial charge in [-0.3, -0.25) is 15.2 Å². The van der Waals surface area contributed by atoms with Crippen molar-refractivity contribution in [1.82, 2.24) is 15.8 Å². The fourth-order valence-corrected chi connectivity index (χ4v) is 2.72. The maximum absolute atomic E-state index is 12.0. The summed E-state index contributed by atoms with van der Waals surface area (Å²) >= 11 is 0. The Kier molecular flexibility index (Phi) is 7.50. The minimum atomic E-state index is -0.116. The van der Waals surface area contributed by atoms with E-state index in [1.807, 2.05) is 0 Å². The smallest absolute Gasteiger partial charge is 0.269 e. The standard InChI is InChI=1S/C18H27N3O/c22-18(16-12-14-19-15-13-16)21-20-17-10-8-6-4-2-1-3-5-7-9-11-17/h10,12-15,20H,1-9,11H2,(H,21,22). The Morgan fingerprint density at radius 2 is 1.55 bits per heavy atom. The molecule has 0 aromatic carbocycles. The van der Waals surface area contributed by atoms with Gasteiger partial charge in [0.2, 0.25) is 0 Å². The summed E-state index contributed by atoms with van der Waals surface area (Å²) in [6.07, 6.45) is 18.1. The Morgan fingerprint density at radius 3 is 2.27 bits per heavy atom. The van der Waals surface area contributed by atoms with E-state index in [1.54, 1.807) is 24.5 Å². The van der Waals surface area contributed by atoms with Gasteiger partial charge in [0.25, 0.3) is 5.91 Å². The molecule has 0 atom stereocenters. The number of pyridine rings is 1. The molecule has 2 N–H and O–H groups in total. The molecule has 120 valence electrons. The number of rotatable bonds is 3. The molecule has 2 rings (SSSR count). The Balaban J connectivity index is 1.83. The Hall–Kier alpha value is -1.84. The lowest BCUT2D eigenvalue weighted by molar-refractivity contribution is 0.0938. The predicted molar refractivity (Wildman–Crippen MR) is 89.1 cm³/mol. The SMILES string of the molecule is O=C(NNC1=CCCCCCCCCCC1)c1ccncc1. The second-order valence-electron chi connectivity index (χ2n) is 5.91. The molecule has 22 heavy (non-hydrogen) atoms. The average Bonchev–Trinajstić information content (AvgIpc) is 2.55. The van der Waals surface area contributed by atoms with Crippen molar-refractivity contribution in [2.75, 3.05) is 0 Å². The van der Waals surface area contributed by atoms with Gasteiger partial charge in [-0.25, -0.2) is 0 Å². The number of nitrogens with one attached hydrogen (secondary N) is 2. The molecule has 1 heterocycles. The zero-order valence-electron chi connectivity index (χ0n) is 13.3. The number of hydrogen-bond acceptors (Lipinski definition) is 3. The number of nitrogens with zero attached hydrogens (tertiary/aromatic N) is 1. The zero-order chi connectivity index (χ0) is 15.5. The Labute approximate surface area is 133 Å². The summed E-state index contributed by atoms with van der Waals surface area (Å²) in [4.78, 5) is 16.0. The van der Waals surface area contributed by atoms with Crippen molar-refractivity contribution in [2.45, 2.75) is 64.2 Å². The van der Waals surface area contributed by atoms with Gasteiger partial charge in [-0.2, -0.15) is 0 Å². The van der Waals surface area contributed by atoms with E-state index in [-0.39, 0.29) is 5.91 Å². The normalized spacial score (nSPS) is 17.5. The first-order chi connectivity index (χ1) is 10.9. The number of amides is 1. The third kappa shape index (κ3) is 6.29. The zero-order valence-corrected chi connectivity index (χ0v) is 13.3. The summed E-state index contributed by atoms with van der Waals surface area (Å²) in [7, 11) is 0. The molecule has 1 amide bonds. The van der Waals surface area contributed by atoms with Crippen LogP contribution in [-0.2, 0) is 0 Å². The van der Waals surface area contributed by atoms with E-state index in [4.69, 9.17) is 0 Å². The predicted octanol–water partition coefficient (Wildman–Crippen LogP) is 4.11. The maximum atomic E-state index is 12.0. The number of hydrogen-bond donors (Lipinski definition) is 2. The van der Waals surface area contributed by atoms with Crippen LogP contribution < -0.4 is 10.9 Å². The molecular formula is C18H27N3O. The minimum absolute atomic E-state index is 0.116. The van der Waals surface area contributed by atoms with Gasteiger partial charge < -0.3 is 5.43 Å². The van der Waals surface area contributed by atoms with Crippen LogP contribution in [0.15, 0.2) is 36.3 Å². The average molecular weight is 301 g/mol. The summed E-state index contributed by atoms with van der Waals surface area (Å²) in [5.74, 6) is -0.116. The van der Waals surface area contributed by atoms with Gasteiger partial charge in [-0.1, -0.05) is 44.6 Å². The number of carbonyl (C=O) groups is 1. The Bertz CT molecular complexity index is 470. The van der Waals surface area contributed by atoms with Gasteiger partial charge in [0.05, 0.1) is 0 Å². The summed E-state index contributed by atoms with van der Waals surface area (Å²) in [5, 5.41) is 0. The summed E-state index contributed by atoms with van der Waals surface area (Å²) in [5.41, 5.74) is 7.67. The van der Waals surface area contributed by atoms with Crippen LogP contribution in [0.3, 0.4) is 0 Å². The van der Waals surface area contributed by atoms with Crippen molar-refractivity contribution in [1.29, 1.82) is 0 Å². The number of allylic oxidation sites excluding steroid dienone is 2. The largest absolute Gasteiger partial charge is 0.303 e. The van der Waals surface area contributed by atoms with Crippen LogP contribution in [-0.4, -0.2) is 10.9 Å². The van der Waals surface area contributed by atoms with Crippen molar-refractivity contribution in [3.63, 3.8) is 0 Å². The molecule has 0 radical (unpaired) electrons. The molecule has 0 spiro atoms. The van der Waals surface area contributed by atoms with Crippen molar-refractivity contribution >= 4 is 5.91 Å². The molecule has 0 fully saturated rings. The molecule has 0 saturated carbocycles. The van der Waals surface area contributed by atoms with E-state index in [0.717, 1.165) is 18.5 Å². The fraction of sp³-hybridized carbons (Fsp3) is 0.556. The topological polar surface area (TPSA) is 54.0 Å². The van der Waals surface area contributed by atoms with E-state index in [2.05, 4.69) is 21.9 Å². The number of carbonyl (C=O) groups excluding carboxylic acids is 1. The number of aromatic nitrogens is 1. The van der Waals surface area contributed by atoms with Crippen LogP contribution in [0.2, 0.25) is 0 Å². The summed E-state index contributed by atoms with van der Waals surface area (Å²) in [6.45, 7) is 0. The molecule has 1 aromatic heterocycles. The molecule has 1 aliphatic carbocycles. The van der Waals surface area contributed by atoms with E-state index < -0.39 is 0 Å². The van der Waals surface area contributed by atoms with Crippen molar-refractivity contribution in [2.24, 2.45) is 0 Å². The van der Waals surface area contributed by atoms with Crippen LogP contribution in [0, 0.1) is 0 Å². The van der Waals surface area contributed by atoms with Crippen LogP contribution in [0.4, 0.5) is 0 Å². The third-order valence-corrected chi connectivity index (χ3v) is 4.07. The molecule has 4 heteroatoms. The number of hydrazine groups is 1. The highest BCUT2D eigenvalue weighted by atomic mass is 16.2. The first kappa shape index (κ1) is 16.5. The second-order valence-corrected chi connectivity index (χ2v) is 5.91. The van der Waals surface area contributed by atoms with Crippen LogP contribution in [0.25, 0.3) is 0 Å².